The van der Waals surface area contributed by atoms with Gasteiger partial charge >= 0.3 is 0 Å². The van der Waals surface area contributed by atoms with Crippen molar-refractivity contribution in [3.8, 4) is 22.5 Å². The van der Waals surface area contributed by atoms with Crippen LogP contribution in [0.25, 0.3) is 22.5 Å². The number of carbonyl (C=O) groups is 1. The average molecular weight is 568 g/mol. The number of aromatic amines is 2. The predicted octanol–water partition coefficient (Wildman–Crippen LogP) is 6.72. The Hall–Kier alpha value is -5.51. The number of halogens is 2. The molecule has 0 aliphatic carbocycles. The van der Waals surface area contributed by atoms with Crippen molar-refractivity contribution < 1.29 is 13.6 Å². The molecule has 0 fully saturated rings. The van der Waals surface area contributed by atoms with Gasteiger partial charge in [0.25, 0.3) is 0 Å². The molecule has 0 radical (unpaired) electrons. The third-order valence-corrected chi connectivity index (χ3v) is 5.76. The number of H-pyrrole nitrogens is 2. The van der Waals surface area contributed by atoms with Crippen molar-refractivity contribution in [3.05, 3.63) is 138 Å². The molecule has 0 aliphatic heterocycles. The van der Waals surface area contributed by atoms with Crippen LogP contribution in [0.2, 0.25) is 0 Å². The van der Waals surface area contributed by atoms with Crippen LogP contribution in [0.3, 0.4) is 0 Å². The van der Waals surface area contributed by atoms with E-state index in [1.807, 2.05) is 42.5 Å². The van der Waals surface area contributed by atoms with E-state index in [1.165, 1.54) is 36.4 Å². The number of pyridine rings is 2. The van der Waals surface area contributed by atoms with E-state index in [9.17, 15) is 13.6 Å². The number of rotatable bonds is 6. The average Bonchev–Trinajstić information content (AvgIpc) is 3.68. The van der Waals surface area contributed by atoms with Gasteiger partial charge in [0.15, 0.2) is 0 Å². The number of aldehydes is 1. The van der Waals surface area contributed by atoms with E-state index in [0.29, 0.717) is 17.7 Å². The molecule has 8 nitrogen and oxygen atoms in total. The highest BCUT2D eigenvalue weighted by molar-refractivity contribution is 5.74. The van der Waals surface area contributed by atoms with Crippen LogP contribution in [-0.2, 0) is 12.8 Å². The highest BCUT2D eigenvalue weighted by atomic mass is 19.1. The second-order valence-corrected chi connectivity index (χ2v) is 8.76. The molecule has 6 aromatic rings. The molecular formula is C32H31F2N7O. The van der Waals surface area contributed by atoms with Gasteiger partial charge in [0.05, 0.1) is 11.4 Å². The minimum Gasteiger partial charge on any atom is -0.382 e. The maximum atomic E-state index is 12.8. The van der Waals surface area contributed by atoms with E-state index < -0.39 is 0 Å². The van der Waals surface area contributed by atoms with Crippen LogP contribution in [0.1, 0.15) is 29.0 Å². The van der Waals surface area contributed by atoms with Crippen LogP contribution >= 0.6 is 0 Å². The molecule has 0 saturated carbocycles. The van der Waals surface area contributed by atoms with Gasteiger partial charge in [0, 0.05) is 53.2 Å². The Bertz CT molecular complexity index is 1620. The van der Waals surface area contributed by atoms with Crippen molar-refractivity contribution in [2.24, 2.45) is 0 Å². The largest absolute Gasteiger partial charge is 0.382 e. The van der Waals surface area contributed by atoms with Crippen molar-refractivity contribution in [1.29, 1.82) is 0 Å². The van der Waals surface area contributed by atoms with E-state index in [2.05, 4.69) is 30.4 Å². The number of nitrogens with two attached hydrogens (primary N) is 1. The quantitative estimate of drug-likeness (QED) is 0.192. The molecule has 0 atom stereocenters. The number of aromatic nitrogens is 6. The molecule has 2 aromatic carbocycles. The molecule has 10 heteroatoms. The summed E-state index contributed by atoms with van der Waals surface area (Å²) >= 11 is 0. The van der Waals surface area contributed by atoms with Crippen LogP contribution in [0.4, 0.5) is 14.6 Å². The smallest absolute Gasteiger partial charge is 0.150 e. The normalized spacial score (nSPS) is 9.86. The third kappa shape index (κ3) is 9.60. The molecule has 0 unspecified atom stereocenters. The molecule has 0 spiro atoms. The molecule has 0 amide bonds. The number of nitrogen functional groups attached to an aromatic ring is 1. The highest BCUT2D eigenvalue weighted by Gasteiger charge is 2.04. The zero-order valence-electron chi connectivity index (χ0n) is 21.9. The van der Waals surface area contributed by atoms with E-state index >= 15 is 0 Å². The van der Waals surface area contributed by atoms with Gasteiger partial charge in [-0.3, -0.25) is 25.0 Å². The summed E-state index contributed by atoms with van der Waals surface area (Å²) in [6.07, 6.45) is 9.40. The van der Waals surface area contributed by atoms with Gasteiger partial charge in [-0.2, -0.15) is 10.2 Å². The monoisotopic (exact) mass is 567 g/mol. The van der Waals surface area contributed by atoms with Crippen LogP contribution in [0, 0.1) is 11.6 Å². The molecule has 4 heterocycles. The molecule has 0 bridgehead atoms. The Morgan fingerprint density at radius 1 is 0.738 bits per heavy atom. The molecule has 4 N–H and O–H groups in total. The van der Waals surface area contributed by atoms with Gasteiger partial charge < -0.3 is 5.73 Å². The second kappa shape index (κ2) is 15.9. The van der Waals surface area contributed by atoms with Crippen LogP contribution in [0.5, 0.6) is 0 Å². The highest BCUT2D eigenvalue weighted by Crippen LogP contribution is 2.17. The zero-order valence-corrected chi connectivity index (χ0v) is 21.9. The first-order valence-electron chi connectivity index (χ1n) is 12.6. The minimum atomic E-state index is -0.319. The van der Waals surface area contributed by atoms with Gasteiger partial charge in [-0.15, -0.1) is 0 Å². The molecule has 4 aromatic heterocycles. The minimum absolute atomic E-state index is 0. The summed E-state index contributed by atoms with van der Waals surface area (Å²) in [5.41, 5.74) is 11.9. The van der Waals surface area contributed by atoms with E-state index in [0.717, 1.165) is 46.6 Å². The lowest BCUT2D eigenvalue weighted by Gasteiger charge is -1.99. The summed E-state index contributed by atoms with van der Waals surface area (Å²) in [7, 11) is 0. The van der Waals surface area contributed by atoms with Crippen molar-refractivity contribution in [2.75, 3.05) is 5.73 Å². The van der Waals surface area contributed by atoms with Gasteiger partial charge in [0.2, 0.25) is 0 Å². The molecule has 42 heavy (non-hydrogen) atoms. The SMILES string of the molecule is C.Fc1ccc(CCc2cc(-c3cccnc3)n[nH]2)cc1.Nc1cc(-c2cccnc2)[nH]n1.O=Cc1ccc(F)cc1. The summed E-state index contributed by atoms with van der Waals surface area (Å²) in [6.45, 7) is 0. The van der Waals surface area contributed by atoms with Gasteiger partial charge in [-0.1, -0.05) is 19.6 Å². The number of carbonyl (C=O) groups excluding carboxylic acids is 1. The Kier molecular flexibility index (Phi) is 11.8. The first kappa shape index (κ1) is 31.0. The predicted molar refractivity (Wildman–Crippen MR) is 160 cm³/mol. The second-order valence-electron chi connectivity index (χ2n) is 8.76. The van der Waals surface area contributed by atoms with Gasteiger partial charge in [-0.25, -0.2) is 8.78 Å². The number of aryl methyl sites for hydroxylation is 2. The Labute approximate surface area is 242 Å². The lowest BCUT2D eigenvalue weighted by Crippen LogP contribution is -1.91. The van der Waals surface area contributed by atoms with Crippen molar-refractivity contribution in [3.63, 3.8) is 0 Å². The first-order chi connectivity index (χ1) is 20.0. The fourth-order valence-corrected chi connectivity index (χ4v) is 3.63. The number of anilines is 1. The summed E-state index contributed by atoms with van der Waals surface area (Å²) < 4.78 is 24.9. The molecule has 6 rings (SSSR count). The van der Waals surface area contributed by atoms with Gasteiger partial charge in [-0.05, 0) is 85.1 Å². The molecule has 214 valence electrons. The lowest BCUT2D eigenvalue weighted by atomic mass is 10.1. The summed E-state index contributed by atoms with van der Waals surface area (Å²) in [6, 6.07) is 23.5. The van der Waals surface area contributed by atoms with Crippen molar-refractivity contribution in [2.45, 2.75) is 20.3 Å². The Morgan fingerprint density at radius 2 is 1.36 bits per heavy atom. The Morgan fingerprint density at radius 3 is 1.90 bits per heavy atom. The van der Waals surface area contributed by atoms with E-state index in [-0.39, 0.29) is 19.1 Å². The Balaban J connectivity index is 0.000000188. The molecular weight excluding hydrogens is 536 g/mol. The topological polar surface area (TPSA) is 126 Å². The summed E-state index contributed by atoms with van der Waals surface area (Å²) in [4.78, 5) is 18.1. The number of nitrogens with zero attached hydrogens (tertiary/aromatic N) is 4. The van der Waals surface area contributed by atoms with E-state index in [1.54, 1.807) is 30.9 Å². The zero-order chi connectivity index (χ0) is 28.9. The lowest BCUT2D eigenvalue weighted by molar-refractivity contribution is 0.112. The fourth-order valence-electron chi connectivity index (χ4n) is 3.63. The summed E-state index contributed by atoms with van der Waals surface area (Å²) in [5, 5.41) is 13.9. The van der Waals surface area contributed by atoms with Crippen LogP contribution < -0.4 is 5.73 Å². The number of hydrogen-bond donors (Lipinski definition) is 3. The van der Waals surface area contributed by atoms with Gasteiger partial charge in [0.1, 0.15) is 23.7 Å². The van der Waals surface area contributed by atoms with E-state index in [4.69, 9.17) is 5.73 Å². The first-order valence-corrected chi connectivity index (χ1v) is 12.6. The summed E-state index contributed by atoms with van der Waals surface area (Å²) in [5.74, 6) is -0.0244. The van der Waals surface area contributed by atoms with Crippen LogP contribution in [0.15, 0.2) is 110 Å². The standard InChI is InChI=1S/C16H14FN3.C8H8N4.C7H5FO.CH4/c17-14-6-3-12(4-7-14)5-8-15-10-16(20-19-15)13-2-1-9-18-11-13;9-8-4-7(11-12-8)6-2-1-3-10-5-6;8-7-3-1-6(5-9)2-4-7;/h1-4,6-7,9-11H,5,8H2,(H,19,20);1-5H,(H3,9,11,12);1-5H;1H4. The maximum Gasteiger partial charge on any atom is 0.150 e. The van der Waals surface area contributed by atoms with Crippen molar-refractivity contribution >= 4 is 12.1 Å². The third-order valence-electron chi connectivity index (χ3n) is 5.76. The number of benzene rings is 2. The number of nitrogens with one attached hydrogen (secondary N) is 2. The van der Waals surface area contributed by atoms with Crippen molar-refractivity contribution in [1.82, 2.24) is 30.4 Å². The maximum absolute atomic E-state index is 12.8. The fraction of sp³-hybridized carbons (Fsp3) is 0.0938. The number of hydrogen-bond acceptors (Lipinski definition) is 6. The molecule has 0 aliphatic rings. The molecule has 0 saturated heterocycles. The van der Waals surface area contributed by atoms with Crippen LogP contribution in [-0.4, -0.2) is 36.6 Å².